The molecule has 0 saturated carbocycles. The second-order valence-electron chi connectivity index (χ2n) is 9.30. The highest BCUT2D eigenvalue weighted by Crippen LogP contribution is 2.36. The predicted octanol–water partition coefficient (Wildman–Crippen LogP) is 2.76. The van der Waals surface area contributed by atoms with Gasteiger partial charge in [-0.3, -0.25) is 19.2 Å². The molecule has 1 fully saturated rings. The van der Waals surface area contributed by atoms with Crippen molar-refractivity contribution in [2.75, 3.05) is 19.8 Å². The first kappa shape index (κ1) is 32.9. The Bertz CT molecular complexity index is 1310. The Morgan fingerprint density at radius 2 is 1.40 bits per heavy atom. The minimum absolute atomic E-state index is 0.228. The molecule has 0 aliphatic carbocycles. The van der Waals surface area contributed by atoms with Gasteiger partial charge in [-0.2, -0.15) is 0 Å². The molecule has 0 aromatic heterocycles. The van der Waals surface area contributed by atoms with Gasteiger partial charge in [0.05, 0.1) is 6.61 Å². The highest BCUT2D eigenvalue weighted by atomic mass is 16.7. The molecule has 0 N–H and O–H groups in total. The number of rotatable bonds is 12. The number of carbonyl (C=O) groups is 5. The summed E-state index contributed by atoms with van der Waals surface area (Å²) < 4.78 is 44.2. The topological polar surface area (TPSA) is 159 Å². The van der Waals surface area contributed by atoms with Crippen LogP contribution < -0.4 is 9.47 Å². The van der Waals surface area contributed by atoms with Crippen LogP contribution in [0.2, 0.25) is 0 Å². The van der Waals surface area contributed by atoms with Crippen LogP contribution in [0.3, 0.4) is 0 Å². The van der Waals surface area contributed by atoms with Crippen molar-refractivity contribution in [3.05, 3.63) is 48.5 Å². The van der Waals surface area contributed by atoms with Gasteiger partial charge in [-0.05, 0) is 30.7 Å². The number of hydrogen-bond donors (Lipinski definition) is 0. The summed E-state index contributed by atoms with van der Waals surface area (Å²) in [6.45, 7) is 5.85. The van der Waals surface area contributed by atoms with Crippen LogP contribution >= 0.6 is 0 Å². The Morgan fingerprint density at radius 3 is 2.05 bits per heavy atom. The molecule has 0 bridgehead atoms. The third-order valence-corrected chi connectivity index (χ3v) is 5.89. The van der Waals surface area contributed by atoms with Crippen molar-refractivity contribution in [2.45, 2.75) is 65.3 Å². The summed E-state index contributed by atoms with van der Waals surface area (Å²) >= 11 is 0. The van der Waals surface area contributed by atoms with E-state index >= 15 is 0 Å². The zero-order valence-corrected chi connectivity index (χ0v) is 24.4. The van der Waals surface area contributed by atoms with Crippen LogP contribution in [0.4, 0.5) is 0 Å². The maximum Gasteiger partial charge on any atom is 0.344 e. The number of benzene rings is 2. The summed E-state index contributed by atoms with van der Waals surface area (Å²) in [4.78, 5) is 59.6. The molecule has 3 rings (SSSR count). The van der Waals surface area contributed by atoms with Gasteiger partial charge in [0.25, 0.3) is 0 Å². The van der Waals surface area contributed by atoms with E-state index in [0.29, 0.717) is 16.9 Å². The van der Waals surface area contributed by atoms with Crippen molar-refractivity contribution in [3.8, 4) is 22.6 Å². The second kappa shape index (κ2) is 15.5. The van der Waals surface area contributed by atoms with Crippen LogP contribution in [0.5, 0.6) is 11.5 Å². The Balaban J connectivity index is 1.99. The lowest BCUT2D eigenvalue weighted by Gasteiger charge is -2.44. The molecule has 0 radical (unpaired) electrons. The number of esters is 5. The highest BCUT2D eigenvalue weighted by molar-refractivity contribution is 5.73. The van der Waals surface area contributed by atoms with E-state index in [-0.39, 0.29) is 25.6 Å². The van der Waals surface area contributed by atoms with E-state index in [1.807, 2.05) is 0 Å². The molecule has 5 atom stereocenters. The molecule has 1 aliphatic rings. The fourth-order valence-electron chi connectivity index (χ4n) is 4.31. The van der Waals surface area contributed by atoms with E-state index in [2.05, 4.69) is 0 Å². The normalized spacial score (nSPS) is 21.1. The van der Waals surface area contributed by atoms with E-state index in [9.17, 15) is 24.0 Å². The molecule has 0 unspecified atom stereocenters. The predicted molar refractivity (Wildman–Crippen MR) is 147 cm³/mol. The minimum atomic E-state index is -1.41. The molecule has 232 valence electrons. The van der Waals surface area contributed by atoms with Crippen LogP contribution in [0, 0.1) is 0 Å². The SMILES string of the molecule is CCOC(=O)COc1cccc(-c2ccccc2O[C@H]2O[C@H](COC(C)=O)[C@@H](OC(C)=O)[C@H](OC(C)=O)[C@@H]2OC(C)=O)c1. The third-order valence-electron chi connectivity index (χ3n) is 5.89. The van der Waals surface area contributed by atoms with Crippen molar-refractivity contribution in [3.63, 3.8) is 0 Å². The number of carbonyl (C=O) groups excluding carboxylic acids is 5. The number of ether oxygens (including phenoxy) is 8. The quantitative estimate of drug-likeness (QED) is 0.258. The fraction of sp³-hybridized carbons (Fsp3) is 0.433. The zero-order chi connectivity index (χ0) is 31.5. The van der Waals surface area contributed by atoms with Gasteiger partial charge in [0.15, 0.2) is 18.8 Å². The van der Waals surface area contributed by atoms with Crippen molar-refractivity contribution in [2.24, 2.45) is 0 Å². The van der Waals surface area contributed by atoms with Gasteiger partial charge in [-0.1, -0.05) is 30.3 Å². The first-order valence-corrected chi connectivity index (χ1v) is 13.4. The zero-order valence-electron chi connectivity index (χ0n) is 24.4. The van der Waals surface area contributed by atoms with E-state index in [0.717, 1.165) is 20.8 Å². The molecule has 0 amide bonds. The Kier molecular flexibility index (Phi) is 11.9. The lowest BCUT2D eigenvalue weighted by molar-refractivity contribution is -0.288. The molecule has 1 aliphatic heterocycles. The van der Waals surface area contributed by atoms with Crippen molar-refractivity contribution >= 4 is 29.8 Å². The first-order chi connectivity index (χ1) is 20.5. The third kappa shape index (κ3) is 9.70. The fourth-order valence-corrected chi connectivity index (χ4v) is 4.31. The second-order valence-corrected chi connectivity index (χ2v) is 9.30. The van der Waals surface area contributed by atoms with Crippen molar-refractivity contribution in [1.29, 1.82) is 0 Å². The molecular formula is C30H34O13. The molecule has 43 heavy (non-hydrogen) atoms. The van der Waals surface area contributed by atoms with Crippen LogP contribution in [-0.2, 0) is 52.4 Å². The summed E-state index contributed by atoms with van der Waals surface area (Å²) in [5.74, 6) is -2.73. The summed E-state index contributed by atoms with van der Waals surface area (Å²) in [5.41, 5.74) is 1.21. The summed E-state index contributed by atoms with van der Waals surface area (Å²) in [5, 5.41) is 0. The molecule has 2 aromatic carbocycles. The average molecular weight is 603 g/mol. The summed E-state index contributed by atoms with van der Waals surface area (Å²) in [6, 6.07) is 13.7. The highest BCUT2D eigenvalue weighted by Gasteiger charge is 2.53. The van der Waals surface area contributed by atoms with E-state index in [1.54, 1.807) is 55.5 Å². The van der Waals surface area contributed by atoms with Gasteiger partial charge in [0, 0.05) is 33.3 Å². The monoisotopic (exact) mass is 602 g/mol. The summed E-state index contributed by atoms with van der Waals surface area (Å²) in [7, 11) is 0. The number of para-hydroxylation sites is 1. The number of hydrogen-bond acceptors (Lipinski definition) is 13. The van der Waals surface area contributed by atoms with Crippen LogP contribution in [0.25, 0.3) is 11.1 Å². The van der Waals surface area contributed by atoms with Crippen LogP contribution in [-0.4, -0.2) is 80.4 Å². The molecule has 0 spiro atoms. The lowest BCUT2D eigenvalue weighted by atomic mass is 9.98. The maximum absolute atomic E-state index is 12.1. The molecule has 2 aromatic rings. The molecule has 1 heterocycles. The smallest absolute Gasteiger partial charge is 0.344 e. The molecule has 13 heteroatoms. The maximum atomic E-state index is 12.1. The van der Waals surface area contributed by atoms with Crippen LogP contribution in [0.1, 0.15) is 34.6 Å². The van der Waals surface area contributed by atoms with Gasteiger partial charge in [0.2, 0.25) is 12.4 Å². The van der Waals surface area contributed by atoms with Crippen molar-refractivity contribution in [1.82, 2.24) is 0 Å². The van der Waals surface area contributed by atoms with Crippen LogP contribution in [0.15, 0.2) is 48.5 Å². The Hall–Kier alpha value is -4.65. The standard InChI is InChI=1S/C30H34O13/c1-6-36-26(35)16-38-22-11-9-10-21(14-22)23-12-7-8-13-24(23)42-30-29(41-20(5)34)28(40-19(4)33)27(39-18(3)32)25(43-30)15-37-17(2)31/h7-14,25,27-30H,6,15-16H2,1-5H3/t25-,27-,28+,29+,30+/m1/s1. The first-order valence-electron chi connectivity index (χ1n) is 13.4. The Morgan fingerprint density at radius 1 is 0.744 bits per heavy atom. The van der Waals surface area contributed by atoms with E-state index in [4.69, 9.17) is 37.9 Å². The Labute approximate surface area is 248 Å². The van der Waals surface area contributed by atoms with Crippen molar-refractivity contribution < 1.29 is 61.9 Å². The summed E-state index contributed by atoms with van der Waals surface area (Å²) in [6.07, 6.45) is -6.66. The lowest BCUT2D eigenvalue weighted by Crippen LogP contribution is -2.63. The molecule has 1 saturated heterocycles. The van der Waals surface area contributed by atoms with E-state index in [1.165, 1.54) is 6.92 Å². The molecule has 13 nitrogen and oxygen atoms in total. The van der Waals surface area contributed by atoms with Gasteiger partial charge >= 0.3 is 29.8 Å². The average Bonchev–Trinajstić information content (AvgIpc) is 2.94. The van der Waals surface area contributed by atoms with Gasteiger partial charge in [0.1, 0.15) is 24.2 Å². The van der Waals surface area contributed by atoms with Gasteiger partial charge in [-0.15, -0.1) is 0 Å². The van der Waals surface area contributed by atoms with E-state index < -0.39 is 60.6 Å². The van der Waals surface area contributed by atoms with Gasteiger partial charge < -0.3 is 37.9 Å². The minimum Gasteiger partial charge on any atom is -0.482 e. The molecular weight excluding hydrogens is 568 g/mol. The largest absolute Gasteiger partial charge is 0.482 e. The van der Waals surface area contributed by atoms with Gasteiger partial charge in [-0.25, -0.2) is 4.79 Å².